The average Bonchev–Trinajstić information content (AvgIpc) is 3.23. The van der Waals surface area contributed by atoms with Gasteiger partial charge in [-0.25, -0.2) is 4.98 Å². The maximum atomic E-state index is 12.8. The van der Waals surface area contributed by atoms with Gasteiger partial charge in [-0.15, -0.1) is 21.5 Å². The van der Waals surface area contributed by atoms with Crippen molar-refractivity contribution in [3.63, 3.8) is 0 Å². The molecule has 4 heterocycles. The molecule has 2 aromatic rings. The Hall–Kier alpha value is -1.76. The number of thiazole rings is 1. The van der Waals surface area contributed by atoms with Gasteiger partial charge >= 0.3 is 0 Å². The van der Waals surface area contributed by atoms with E-state index < -0.39 is 0 Å². The number of hydrogen-bond acceptors (Lipinski definition) is 5. The van der Waals surface area contributed by atoms with Crippen molar-refractivity contribution in [1.29, 1.82) is 0 Å². The fraction of sp³-hybridized carbons (Fsp3) is 0.625. The highest BCUT2D eigenvalue weighted by Crippen LogP contribution is 2.33. The van der Waals surface area contributed by atoms with Crippen molar-refractivity contribution in [2.24, 2.45) is 0 Å². The lowest BCUT2D eigenvalue weighted by Gasteiger charge is -2.24. The van der Waals surface area contributed by atoms with E-state index in [1.54, 1.807) is 0 Å². The van der Waals surface area contributed by atoms with Gasteiger partial charge in [0.1, 0.15) is 11.5 Å². The fourth-order valence-corrected chi connectivity index (χ4v) is 4.23. The minimum absolute atomic E-state index is 0.0304. The van der Waals surface area contributed by atoms with E-state index in [4.69, 9.17) is 0 Å². The molecule has 0 N–H and O–H groups in total. The Balaban J connectivity index is 1.63. The number of carbonyl (C=O) groups is 1. The zero-order valence-electron chi connectivity index (χ0n) is 13.4. The highest BCUT2D eigenvalue weighted by Gasteiger charge is 2.35. The number of hydrogen-bond donors (Lipinski definition) is 0. The summed E-state index contributed by atoms with van der Waals surface area (Å²) in [6.45, 7) is 3.69. The molecular formula is C16H21N5OS. The second-order valence-electron chi connectivity index (χ2n) is 6.35. The van der Waals surface area contributed by atoms with E-state index in [1.165, 1.54) is 30.6 Å². The Morgan fingerprint density at radius 3 is 2.96 bits per heavy atom. The SMILES string of the molecule is Cc1nc(C(=O)N2CCCC2c2nnc3n2CCCCC3)cs1. The molecule has 23 heavy (non-hydrogen) atoms. The van der Waals surface area contributed by atoms with Crippen LogP contribution in [0.3, 0.4) is 0 Å². The van der Waals surface area contributed by atoms with Crippen LogP contribution in [-0.4, -0.2) is 37.1 Å². The van der Waals surface area contributed by atoms with Crippen molar-refractivity contribution in [3.05, 3.63) is 27.7 Å². The fourth-order valence-electron chi connectivity index (χ4n) is 3.64. The molecule has 4 rings (SSSR count). The molecule has 7 heteroatoms. The molecule has 6 nitrogen and oxygen atoms in total. The van der Waals surface area contributed by atoms with E-state index in [-0.39, 0.29) is 11.9 Å². The topological polar surface area (TPSA) is 63.9 Å². The van der Waals surface area contributed by atoms with Crippen LogP contribution in [0.15, 0.2) is 5.38 Å². The third kappa shape index (κ3) is 2.67. The Morgan fingerprint density at radius 1 is 1.22 bits per heavy atom. The van der Waals surface area contributed by atoms with Crippen LogP contribution in [0.1, 0.15) is 65.3 Å². The predicted molar refractivity (Wildman–Crippen MR) is 87.4 cm³/mol. The van der Waals surface area contributed by atoms with Gasteiger partial charge in [0.25, 0.3) is 5.91 Å². The van der Waals surface area contributed by atoms with Gasteiger partial charge in [0, 0.05) is 24.9 Å². The van der Waals surface area contributed by atoms with Crippen LogP contribution in [0.2, 0.25) is 0 Å². The molecule has 2 aliphatic heterocycles. The first-order chi connectivity index (χ1) is 11.2. The molecule has 2 aliphatic rings. The van der Waals surface area contributed by atoms with Gasteiger partial charge in [-0.2, -0.15) is 0 Å². The minimum atomic E-state index is 0.0304. The Morgan fingerprint density at radius 2 is 2.13 bits per heavy atom. The summed E-state index contributed by atoms with van der Waals surface area (Å²) in [6.07, 6.45) is 6.58. The predicted octanol–water partition coefficient (Wildman–Crippen LogP) is 2.75. The van der Waals surface area contributed by atoms with E-state index in [0.717, 1.165) is 49.0 Å². The van der Waals surface area contributed by atoms with E-state index in [0.29, 0.717) is 5.69 Å². The number of aromatic nitrogens is 4. The number of nitrogens with zero attached hydrogens (tertiary/aromatic N) is 5. The Labute approximate surface area is 139 Å². The molecule has 0 bridgehead atoms. The van der Waals surface area contributed by atoms with Crippen LogP contribution in [0.5, 0.6) is 0 Å². The number of amides is 1. The summed E-state index contributed by atoms with van der Waals surface area (Å²) < 4.78 is 2.26. The first kappa shape index (κ1) is 14.8. The number of fused-ring (bicyclic) bond motifs is 1. The highest BCUT2D eigenvalue weighted by atomic mass is 32.1. The van der Waals surface area contributed by atoms with Gasteiger partial charge in [-0.05, 0) is 32.6 Å². The van der Waals surface area contributed by atoms with Crippen molar-refractivity contribution in [3.8, 4) is 0 Å². The van der Waals surface area contributed by atoms with Gasteiger partial charge in [0.05, 0.1) is 11.0 Å². The van der Waals surface area contributed by atoms with E-state index >= 15 is 0 Å². The molecule has 1 fully saturated rings. The normalized spacial score (nSPS) is 21.3. The molecule has 0 aliphatic carbocycles. The zero-order valence-corrected chi connectivity index (χ0v) is 14.2. The van der Waals surface area contributed by atoms with E-state index in [2.05, 4.69) is 19.7 Å². The molecule has 0 spiro atoms. The summed E-state index contributed by atoms with van der Waals surface area (Å²) in [5, 5.41) is 11.6. The largest absolute Gasteiger partial charge is 0.327 e. The molecule has 0 radical (unpaired) electrons. The van der Waals surface area contributed by atoms with Gasteiger partial charge in [-0.1, -0.05) is 6.42 Å². The maximum absolute atomic E-state index is 12.8. The monoisotopic (exact) mass is 331 g/mol. The summed E-state index contributed by atoms with van der Waals surface area (Å²) in [4.78, 5) is 19.1. The van der Waals surface area contributed by atoms with Gasteiger partial charge in [-0.3, -0.25) is 4.79 Å². The lowest BCUT2D eigenvalue weighted by molar-refractivity contribution is 0.0721. The zero-order chi connectivity index (χ0) is 15.8. The van der Waals surface area contributed by atoms with Crippen molar-refractivity contribution < 1.29 is 4.79 Å². The van der Waals surface area contributed by atoms with Crippen LogP contribution in [-0.2, 0) is 13.0 Å². The summed E-state index contributed by atoms with van der Waals surface area (Å²) in [5.41, 5.74) is 0.565. The average molecular weight is 331 g/mol. The van der Waals surface area contributed by atoms with Gasteiger partial charge < -0.3 is 9.47 Å². The number of aryl methyl sites for hydroxylation is 2. The van der Waals surface area contributed by atoms with Crippen LogP contribution >= 0.6 is 11.3 Å². The van der Waals surface area contributed by atoms with Crippen molar-refractivity contribution in [1.82, 2.24) is 24.6 Å². The Kier molecular flexibility index (Phi) is 3.88. The number of rotatable bonds is 2. The molecule has 1 unspecified atom stereocenters. The lowest BCUT2D eigenvalue weighted by Crippen LogP contribution is -2.32. The molecule has 2 aromatic heterocycles. The van der Waals surface area contributed by atoms with Crippen LogP contribution in [0.4, 0.5) is 0 Å². The molecule has 1 amide bonds. The second kappa shape index (κ2) is 6.03. The molecule has 0 saturated carbocycles. The summed E-state index contributed by atoms with van der Waals surface area (Å²) in [5.74, 6) is 2.09. The lowest BCUT2D eigenvalue weighted by atomic mass is 10.2. The van der Waals surface area contributed by atoms with Gasteiger partial charge in [0.15, 0.2) is 5.82 Å². The first-order valence-electron chi connectivity index (χ1n) is 8.39. The second-order valence-corrected chi connectivity index (χ2v) is 7.41. The smallest absolute Gasteiger partial charge is 0.273 e. The quantitative estimate of drug-likeness (QED) is 0.849. The third-order valence-corrected chi connectivity index (χ3v) is 5.56. The minimum Gasteiger partial charge on any atom is -0.327 e. The number of carbonyl (C=O) groups excluding carboxylic acids is 1. The van der Waals surface area contributed by atoms with Crippen LogP contribution < -0.4 is 0 Å². The maximum Gasteiger partial charge on any atom is 0.273 e. The third-order valence-electron chi connectivity index (χ3n) is 4.79. The molecular weight excluding hydrogens is 310 g/mol. The van der Waals surface area contributed by atoms with Crippen molar-refractivity contribution in [2.75, 3.05) is 6.54 Å². The van der Waals surface area contributed by atoms with Crippen LogP contribution in [0.25, 0.3) is 0 Å². The first-order valence-corrected chi connectivity index (χ1v) is 9.27. The van der Waals surface area contributed by atoms with Crippen molar-refractivity contribution >= 4 is 17.2 Å². The molecule has 122 valence electrons. The van der Waals surface area contributed by atoms with Gasteiger partial charge in [0.2, 0.25) is 0 Å². The summed E-state index contributed by atoms with van der Waals surface area (Å²) >= 11 is 1.52. The molecule has 1 saturated heterocycles. The molecule has 1 atom stereocenters. The molecule has 0 aromatic carbocycles. The van der Waals surface area contributed by atoms with Crippen LogP contribution in [0, 0.1) is 6.92 Å². The highest BCUT2D eigenvalue weighted by molar-refractivity contribution is 7.09. The standard InChI is InChI=1S/C16H21N5OS/c1-11-17-12(10-23-11)16(22)20-9-5-6-13(20)15-19-18-14-7-3-2-4-8-21(14)15/h10,13H,2-9H2,1H3. The van der Waals surface area contributed by atoms with E-state index in [9.17, 15) is 4.79 Å². The number of likely N-dealkylation sites (tertiary alicyclic amines) is 1. The summed E-state index contributed by atoms with van der Waals surface area (Å²) in [6, 6.07) is 0.0452. The Bertz CT molecular complexity index is 722. The van der Waals surface area contributed by atoms with E-state index in [1.807, 2.05) is 17.2 Å². The van der Waals surface area contributed by atoms with Crippen molar-refractivity contribution in [2.45, 2.75) is 58.0 Å². The summed E-state index contributed by atoms with van der Waals surface area (Å²) in [7, 11) is 0.